The minimum absolute atomic E-state index is 0.0269. The van der Waals surface area contributed by atoms with Crippen LogP contribution in [0.15, 0.2) is 59.0 Å². The molecule has 4 aromatic rings. The molecule has 1 heterocycles. The van der Waals surface area contributed by atoms with Crippen molar-refractivity contribution in [3.05, 3.63) is 66.1 Å². The van der Waals surface area contributed by atoms with Gasteiger partial charge in [0.05, 0.1) is 11.3 Å². The molecule has 0 saturated heterocycles. The molecule has 6 nitrogen and oxygen atoms in total. The van der Waals surface area contributed by atoms with Gasteiger partial charge in [-0.05, 0) is 66.8 Å². The Morgan fingerprint density at radius 3 is 2.42 bits per heavy atom. The smallest absolute Gasteiger partial charge is 0.257 e. The highest BCUT2D eigenvalue weighted by molar-refractivity contribution is 6.13. The van der Waals surface area contributed by atoms with Crippen molar-refractivity contribution in [1.29, 1.82) is 0 Å². The molecule has 2 saturated carbocycles. The van der Waals surface area contributed by atoms with E-state index in [-0.39, 0.29) is 17.7 Å². The first-order valence-electron chi connectivity index (χ1n) is 10.7. The van der Waals surface area contributed by atoms with Crippen LogP contribution in [0.3, 0.4) is 0 Å². The van der Waals surface area contributed by atoms with Crippen molar-refractivity contribution in [3.63, 3.8) is 0 Å². The number of anilines is 2. The number of nitrogens with zero attached hydrogens (tertiary/aromatic N) is 1. The van der Waals surface area contributed by atoms with E-state index in [4.69, 9.17) is 4.42 Å². The van der Waals surface area contributed by atoms with E-state index in [2.05, 4.69) is 15.6 Å². The normalized spacial score (nSPS) is 15.9. The van der Waals surface area contributed by atoms with Gasteiger partial charge in [-0.1, -0.05) is 24.3 Å². The summed E-state index contributed by atoms with van der Waals surface area (Å²) in [5.74, 6) is 0.958. The quantitative estimate of drug-likeness (QED) is 0.457. The molecule has 2 aliphatic rings. The van der Waals surface area contributed by atoms with Gasteiger partial charge in [0.15, 0.2) is 11.5 Å². The molecule has 2 aliphatic carbocycles. The van der Waals surface area contributed by atoms with Crippen molar-refractivity contribution in [2.75, 3.05) is 10.6 Å². The Bertz CT molecular complexity index is 1350. The lowest BCUT2D eigenvalue weighted by atomic mass is 10.0. The number of carbonyl (C=O) groups is 2. The monoisotopic (exact) mass is 411 g/mol. The van der Waals surface area contributed by atoms with Gasteiger partial charge >= 0.3 is 0 Å². The Morgan fingerprint density at radius 1 is 0.903 bits per heavy atom. The van der Waals surface area contributed by atoms with Crippen LogP contribution in [0.4, 0.5) is 11.4 Å². The van der Waals surface area contributed by atoms with Gasteiger partial charge in [-0.15, -0.1) is 0 Å². The maximum Gasteiger partial charge on any atom is 0.257 e. The minimum atomic E-state index is -0.276. The summed E-state index contributed by atoms with van der Waals surface area (Å²) in [6.45, 7) is 0. The molecule has 0 bridgehead atoms. The molecular weight excluding hydrogens is 390 g/mol. The predicted octanol–water partition coefficient (Wildman–Crippen LogP) is 5.46. The van der Waals surface area contributed by atoms with Crippen LogP contribution in [-0.4, -0.2) is 16.8 Å². The molecule has 3 aromatic carbocycles. The number of carbonyl (C=O) groups excluding carboxylic acids is 2. The van der Waals surface area contributed by atoms with Gasteiger partial charge in [0, 0.05) is 17.5 Å². The van der Waals surface area contributed by atoms with Gasteiger partial charge in [0.2, 0.25) is 5.91 Å². The number of nitrogens with one attached hydrogen (secondary N) is 2. The Balaban J connectivity index is 1.32. The van der Waals surface area contributed by atoms with Gasteiger partial charge in [-0.2, -0.15) is 0 Å². The van der Waals surface area contributed by atoms with Crippen LogP contribution in [0.5, 0.6) is 0 Å². The molecule has 0 unspecified atom stereocenters. The summed E-state index contributed by atoms with van der Waals surface area (Å²) < 4.78 is 5.80. The number of oxazole rings is 1. The SMILES string of the molecule is O=C(Nc1ccc2oc(C3CC3)nc2c1)c1cc2ccccc2cc1NC(=O)C1CC1. The Morgan fingerprint density at radius 2 is 1.68 bits per heavy atom. The first-order chi connectivity index (χ1) is 15.1. The summed E-state index contributed by atoms with van der Waals surface area (Å²) in [5, 5.41) is 7.83. The summed E-state index contributed by atoms with van der Waals surface area (Å²) in [4.78, 5) is 30.2. The largest absolute Gasteiger partial charge is 0.440 e. The molecule has 2 fully saturated rings. The van der Waals surface area contributed by atoms with Crippen LogP contribution in [0.2, 0.25) is 0 Å². The topological polar surface area (TPSA) is 84.2 Å². The zero-order valence-corrected chi connectivity index (χ0v) is 16.9. The maximum atomic E-state index is 13.2. The van der Waals surface area contributed by atoms with E-state index >= 15 is 0 Å². The number of hydrogen-bond donors (Lipinski definition) is 2. The molecule has 1 aromatic heterocycles. The van der Waals surface area contributed by atoms with Crippen LogP contribution in [-0.2, 0) is 4.79 Å². The van der Waals surface area contributed by atoms with E-state index in [1.54, 1.807) is 0 Å². The second-order valence-electron chi connectivity index (χ2n) is 8.47. The first kappa shape index (κ1) is 18.1. The number of hydrogen-bond acceptors (Lipinski definition) is 4. The predicted molar refractivity (Wildman–Crippen MR) is 119 cm³/mol. The van der Waals surface area contributed by atoms with Crippen LogP contribution in [0.1, 0.15) is 47.8 Å². The molecule has 31 heavy (non-hydrogen) atoms. The van der Waals surface area contributed by atoms with E-state index in [1.165, 1.54) is 0 Å². The van der Waals surface area contributed by atoms with Crippen molar-refractivity contribution >= 4 is 45.1 Å². The van der Waals surface area contributed by atoms with Crippen LogP contribution < -0.4 is 10.6 Å². The number of rotatable bonds is 5. The second-order valence-corrected chi connectivity index (χ2v) is 8.47. The van der Waals surface area contributed by atoms with Gasteiger partial charge < -0.3 is 15.1 Å². The Kier molecular flexibility index (Phi) is 4.06. The summed E-state index contributed by atoms with van der Waals surface area (Å²) in [6.07, 6.45) is 4.05. The molecule has 0 aliphatic heterocycles. The summed E-state index contributed by atoms with van der Waals surface area (Å²) >= 11 is 0. The van der Waals surface area contributed by atoms with Crippen molar-refractivity contribution in [1.82, 2.24) is 4.98 Å². The molecule has 0 atom stereocenters. The van der Waals surface area contributed by atoms with Crippen molar-refractivity contribution in [3.8, 4) is 0 Å². The van der Waals surface area contributed by atoms with Gasteiger partial charge in [-0.3, -0.25) is 9.59 Å². The molecule has 6 heteroatoms. The maximum absolute atomic E-state index is 13.2. The molecule has 6 rings (SSSR count). The number of benzene rings is 3. The minimum Gasteiger partial charge on any atom is -0.440 e. The van der Waals surface area contributed by atoms with Gasteiger partial charge in [-0.25, -0.2) is 4.98 Å². The van der Waals surface area contributed by atoms with Crippen molar-refractivity contribution < 1.29 is 14.0 Å². The van der Waals surface area contributed by atoms with Crippen LogP contribution >= 0.6 is 0 Å². The number of aromatic nitrogens is 1. The summed E-state index contributed by atoms with van der Waals surface area (Å²) in [7, 11) is 0. The average Bonchev–Trinajstić information content (AvgIpc) is 3.69. The van der Waals surface area contributed by atoms with Crippen LogP contribution in [0, 0.1) is 5.92 Å². The van der Waals surface area contributed by atoms with E-state index in [0.717, 1.165) is 53.4 Å². The van der Waals surface area contributed by atoms with Crippen LogP contribution in [0.25, 0.3) is 21.9 Å². The highest BCUT2D eigenvalue weighted by atomic mass is 16.3. The average molecular weight is 411 g/mol. The summed E-state index contributed by atoms with van der Waals surface area (Å²) in [6, 6.07) is 17.0. The molecule has 2 N–H and O–H groups in total. The fourth-order valence-electron chi connectivity index (χ4n) is 3.84. The fourth-order valence-corrected chi connectivity index (χ4v) is 3.84. The molecule has 0 spiro atoms. The molecular formula is C25H21N3O3. The van der Waals surface area contributed by atoms with E-state index < -0.39 is 0 Å². The van der Waals surface area contributed by atoms with Crippen molar-refractivity contribution in [2.24, 2.45) is 5.92 Å². The van der Waals surface area contributed by atoms with E-state index in [0.29, 0.717) is 22.9 Å². The lowest BCUT2D eigenvalue weighted by Gasteiger charge is -2.13. The highest BCUT2D eigenvalue weighted by Gasteiger charge is 2.31. The third-order valence-corrected chi connectivity index (χ3v) is 5.93. The van der Waals surface area contributed by atoms with E-state index in [9.17, 15) is 9.59 Å². The highest BCUT2D eigenvalue weighted by Crippen LogP contribution is 2.40. The van der Waals surface area contributed by atoms with E-state index in [1.807, 2.05) is 54.6 Å². The first-order valence-corrected chi connectivity index (χ1v) is 10.7. The van der Waals surface area contributed by atoms with Gasteiger partial charge in [0.25, 0.3) is 5.91 Å². The number of fused-ring (bicyclic) bond motifs is 2. The zero-order valence-electron chi connectivity index (χ0n) is 16.9. The third kappa shape index (κ3) is 3.54. The molecule has 2 amide bonds. The lowest BCUT2D eigenvalue weighted by molar-refractivity contribution is -0.117. The number of amides is 2. The standard InChI is InChI=1S/C25H21N3O3/c29-23(14-5-6-14)27-20-12-17-4-2-1-3-16(17)11-19(20)24(30)26-18-9-10-22-21(13-18)28-25(31-22)15-7-8-15/h1-4,9-15H,5-8H2,(H,26,30)(H,27,29). The second kappa shape index (κ2) is 6.94. The van der Waals surface area contributed by atoms with Crippen molar-refractivity contribution in [2.45, 2.75) is 31.6 Å². The zero-order chi connectivity index (χ0) is 20.9. The molecule has 154 valence electrons. The molecule has 0 radical (unpaired) electrons. The Labute approximate surface area is 178 Å². The summed E-state index contributed by atoms with van der Waals surface area (Å²) in [5.41, 5.74) is 3.07. The fraction of sp³-hybridized carbons (Fsp3) is 0.240. The Hall–Kier alpha value is -3.67. The third-order valence-electron chi connectivity index (χ3n) is 5.93. The van der Waals surface area contributed by atoms with Gasteiger partial charge in [0.1, 0.15) is 5.52 Å². The lowest BCUT2D eigenvalue weighted by Crippen LogP contribution is -2.19.